The van der Waals surface area contributed by atoms with Gasteiger partial charge in [0.05, 0.1) is 6.20 Å². The number of hydrogen-bond donors (Lipinski definition) is 1. The first-order valence-corrected chi connectivity index (χ1v) is 8.26. The number of anilines is 3. The molecule has 132 valence electrons. The number of rotatable bonds is 4. The molecule has 0 saturated carbocycles. The Morgan fingerprint density at radius 2 is 1.85 bits per heavy atom. The third kappa shape index (κ3) is 3.46. The van der Waals surface area contributed by atoms with Gasteiger partial charge in [0.2, 0.25) is 5.76 Å². The zero-order valence-corrected chi connectivity index (χ0v) is 13.9. The second kappa shape index (κ2) is 7.18. The van der Waals surface area contributed by atoms with E-state index < -0.39 is 0 Å². The van der Waals surface area contributed by atoms with Crippen LogP contribution in [0.1, 0.15) is 10.6 Å². The molecule has 1 aliphatic rings. The number of hydrogen-bond acceptors (Lipinski definition) is 8. The number of pyridine rings is 1. The average molecular weight is 351 g/mol. The van der Waals surface area contributed by atoms with Gasteiger partial charge >= 0.3 is 0 Å². The van der Waals surface area contributed by atoms with Crippen molar-refractivity contribution in [2.24, 2.45) is 0 Å². The maximum absolute atomic E-state index is 12.3. The van der Waals surface area contributed by atoms with Crippen LogP contribution in [0.25, 0.3) is 0 Å². The van der Waals surface area contributed by atoms with Gasteiger partial charge in [0.15, 0.2) is 11.6 Å². The van der Waals surface area contributed by atoms with Crippen molar-refractivity contribution in [2.45, 2.75) is 0 Å². The first kappa shape index (κ1) is 16.0. The number of aromatic nitrogens is 4. The lowest BCUT2D eigenvalue weighted by molar-refractivity contribution is 0.0704. The standard InChI is InChI=1S/C17H17N7O2/c25-17(13-6-8-19-26-13)24-11-9-23(10-12-24)16-5-4-15(21-22-16)20-14-3-1-2-7-18-14/h1-8H,9-12H2,(H,18,20,21). The van der Waals surface area contributed by atoms with Crippen molar-refractivity contribution < 1.29 is 9.32 Å². The van der Waals surface area contributed by atoms with Crippen molar-refractivity contribution in [2.75, 3.05) is 36.4 Å². The summed E-state index contributed by atoms with van der Waals surface area (Å²) in [5, 5.41) is 15.1. The van der Waals surface area contributed by atoms with Crippen LogP contribution in [-0.2, 0) is 0 Å². The van der Waals surface area contributed by atoms with Gasteiger partial charge in [-0.25, -0.2) is 4.98 Å². The minimum atomic E-state index is -0.136. The van der Waals surface area contributed by atoms with Gasteiger partial charge in [0.25, 0.3) is 5.91 Å². The molecule has 3 aromatic rings. The van der Waals surface area contributed by atoms with Crippen LogP contribution in [0.2, 0.25) is 0 Å². The van der Waals surface area contributed by atoms with Crippen LogP contribution in [-0.4, -0.2) is 57.3 Å². The fourth-order valence-corrected chi connectivity index (χ4v) is 2.75. The highest BCUT2D eigenvalue weighted by Crippen LogP contribution is 2.17. The Labute approximate surface area is 149 Å². The van der Waals surface area contributed by atoms with Crippen molar-refractivity contribution in [1.82, 2.24) is 25.2 Å². The largest absolute Gasteiger partial charge is 0.352 e. The van der Waals surface area contributed by atoms with Gasteiger partial charge in [-0.05, 0) is 24.3 Å². The molecule has 0 atom stereocenters. The maximum atomic E-state index is 12.3. The van der Waals surface area contributed by atoms with E-state index in [4.69, 9.17) is 4.52 Å². The number of nitrogens with one attached hydrogen (secondary N) is 1. The molecule has 1 aliphatic heterocycles. The summed E-state index contributed by atoms with van der Waals surface area (Å²) in [5.74, 6) is 2.26. The number of carbonyl (C=O) groups is 1. The van der Waals surface area contributed by atoms with Crippen LogP contribution in [0.4, 0.5) is 17.5 Å². The monoisotopic (exact) mass is 351 g/mol. The topological polar surface area (TPSA) is 100 Å². The number of nitrogens with zero attached hydrogens (tertiary/aromatic N) is 6. The minimum absolute atomic E-state index is 0.136. The molecule has 0 radical (unpaired) electrons. The highest BCUT2D eigenvalue weighted by molar-refractivity contribution is 5.91. The summed E-state index contributed by atoms with van der Waals surface area (Å²) in [6, 6.07) is 11.0. The molecule has 1 amide bonds. The van der Waals surface area contributed by atoms with Crippen LogP contribution in [0, 0.1) is 0 Å². The van der Waals surface area contributed by atoms with Crippen LogP contribution in [0.5, 0.6) is 0 Å². The summed E-state index contributed by atoms with van der Waals surface area (Å²) in [6.45, 7) is 2.55. The van der Waals surface area contributed by atoms with Crippen molar-refractivity contribution in [3.63, 3.8) is 0 Å². The highest BCUT2D eigenvalue weighted by atomic mass is 16.5. The molecule has 9 heteroatoms. The molecule has 9 nitrogen and oxygen atoms in total. The molecule has 0 aliphatic carbocycles. The van der Waals surface area contributed by atoms with E-state index in [1.54, 1.807) is 17.2 Å². The van der Waals surface area contributed by atoms with E-state index in [0.717, 1.165) is 5.82 Å². The van der Waals surface area contributed by atoms with Gasteiger partial charge in [-0.15, -0.1) is 10.2 Å². The third-order valence-corrected chi connectivity index (χ3v) is 4.11. The molecule has 0 unspecified atom stereocenters. The molecule has 4 heterocycles. The Morgan fingerprint density at radius 3 is 2.50 bits per heavy atom. The molecule has 0 spiro atoms. The number of piperazine rings is 1. The fraction of sp³-hybridized carbons (Fsp3) is 0.235. The number of carbonyl (C=O) groups excluding carboxylic acids is 1. The second-order valence-electron chi connectivity index (χ2n) is 5.77. The molecular formula is C17H17N7O2. The molecule has 1 fully saturated rings. The minimum Gasteiger partial charge on any atom is -0.352 e. The van der Waals surface area contributed by atoms with Gasteiger partial charge < -0.3 is 19.6 Å². The molecule has 4 rings (SSSR count). The van der Waals surface area contributed by atoms with Gasteiger partial charge in [0, 0.05) is 38.4 Å². The van der Waals surface area contributed by atoms with Crippen LogP contribution >= 0.6 is 0 Å². The van der Waals surface area contributed by atoms with Crippen LogP contribution in [0.3, 0.4) is 0 Å². The van der Waals surface area contributed by atoms with Gasteiger partial charge in [0.1, 0.15) is 5.82 Å². The predicted octanol–water partition coefficient (Wildman–Crippen LogP) is 1.57. The maximum Gasteiger partial charge on any atom is 0.292 e. The van der Waals surface area contributed by atoms with Crippen molar-refractivity contribution in [3.8, 4) is 0 Å². The third-order valence-electron chi connectivity index (χ3n) is 4.11. The fourth-order valence-electron chi connectivity index (χ4n) is 2.75. The van der Waals surface area contributed by atoms with E-state index in [1.165, 1.54) is 6.20 Å². The van der Waals surface area contributed by atoms with E-state index in [-0.39, 0.29) is 11.7 Å². The average Bonchev–Trinajstić information content (AvgIpc) is 3.24. The zero-order chi connectivity index (χ0) is 17.8. The molecule has 1 N–H and O–H groups in total. The molecule has 0 aromatic carbocycles. The van der Waals surface area contributed by atoms with Crippen LogP contribution < -0.4 is 10.2 Å². The van der Waals surface area contributed by atoms with Crippen LogP contribution in [0.15, 0.2) is 53.3 Å². The van der Waals surface area contributed by atoms with Crippen molar-refractivity contribution in [3.05, 3.63) is 54.6 Å². The molecule has 0 bridgehead atoms. The second-order valence-corrected chi connectivity index (χ2v) is 5.77. The first-order chi connectivity index (χ1) is 12.8. The summed E-state index contributed by atoms with van der Waals surface area (Å²) >= 11 is 0. The number of amides is 1. The van der Waals surface area contributed by atoms with E-state index in [2.05, 4.69) is 30.6 Å². The zero-order valence-electron chi connectivity index (χ0n) is 13.9. The molecule has 26 heavy (non-hydrogen) atoms. The Bertz CT molecular complexity index is 845. The van der Waals surface area contributed by atoms with Gasteiger partial charge in [-0.2, -0.15) is 0 Å². The van der Waals surface area contributed by atoms with E-state index >= 15 is 0 Å². The van der Waals surface area contributed by atoms with Gasteiger partial charge in [-0.3, -0.25) is 4.79 Å². The first-order valence-electron chi connectivity index (χ1n) is 8.26. The summed E-state index contributed by atoms with van der Waals surface area (Å²) in [7, 11) is 0. The highest BCUT2D eigenvalue weighted by Gasteiger charge is 2.24. The Balaban J connectivity index is 1.35. The predicted molar refractivity (Wildman–Crippen MR) is 94.2 cm³/mol. The molecule has 1 saturated heterocycles. The normalized spacial score (nSPS) is 14.3. The Hall–Kier alpha value is -3.49. The SMILES string of the molecule is O=C(c1ccno1)N1CCN(c2ccc(Nc3ccccn3)nn2)CC1. The van der Waals surface area contributed by atoms with Crippen molar-refractivity contribution >= 4 is 23.4 Å². The summed E-state index contributed by atoms with van der Waals surface area (Å²) in [4.78, 5) is 20.3. The smallest absolute Gasteiger partial charge is 0.292 e. The summed E-state index contributed by atoms with van der Waals surface area (Å²) in [6.07, 6.45) is 3.18. The lowest BCUT2D eigenvalue weighted by atomic mass is 10.3. The molecule has 3 aromatic heterocycles. The quantitative estimate of drug-likeness (QED) is 0.756. The lowest BCUT2D eigenvalue weighted by Gasteiger charge is -2.34. The Morgan fingerprint density at radius 1 is 0.962 bits per heavy atom. The molecular weight excluding hydrogens is 334 g/mol. The van der Waals surface area contributed by atoms with Gasteiger partial charge in [-0.1, -0.05) is 11.2 Å². The summed E-state index contributed by atoms with van der Waals surface area (Å²) < 4.78 is 4.93. The van der Waals surface area contributed by atoms with Crippen molar-refractivity contribution in [1.29, 1.82) is 0 Å². The lowest BCUT2D eigenvalue weighted by Crippen LogP contribution is -2.49. The Kier molecular flexibility index (Phi) is 4.42. The summed E-state index contributed by atoms with van der Waals surface area (Å²) in [5.41, 5.74) is 0. The van der Waals surface area contributed by atoms with E-state index in [0.29, 0.717) is 37.8 Å². The van der Waals surface area contributed by atoms with E-state index in [9.17, 15) is 4.79 Å². The van der Waals surface area contributed by atoms with E-state index in [1.807, 2.05) is 30.3 Å².